The number of carbonyl (C=O) groups excluding carboxylic acids is 1. The van der Waals surface area contributed by atoms with Crippen molar-refractivity contribution in [2.75, 3.05) is 18.0 Å². The number of benzene rings is 2. The standard InChI is InChI=1S/C22H23N3OS/c1-15-5-8-18(9-6-15)23-22-24-21(26)20(27-22)14-17-7-10-19(13-16(17)2)25-11-3-4-12-25/h5-10,13-14H,3-4,11-12H2,1-2H3,(H,23,24,26)/b20-14-. The van der Waals surface area contributed by atoms with Gasteiger partial charge in [0.1, 0.15) is 0 Å². The fourth-order valence-electron chi connectivity index (χ4n) is 3.35. The summed E-state index contributed by atoms with van der Waals surface area (Å²) in [6, 6.07) is 14.4. The van der Waals surface area contributed by atoms with Gasteiger partial charge in [0.15, 0.2) is 5.17 Å². The van der Waals surface area contributed by atoms with E-state index in [4.69, 9.17) is 0 Å². The van der Waals surface area contributed by atoms with Crippen molar-refractivity contribution < 1.29 is 4.79 Å². The van der Waals surface area contributed by atoms with Crippen LogP contribution in [0.3, 0.4) is 0 Å². The molecule has 4 rings (SSSR count). The number of amidine groups is 1. The lowest BCUT2D eigenvalue weighted by atomic mass is 10.1. The minimum absolute atomic E-state index is 0.0890. The summed E-state index contributed by atoms with van der Waals surface area (Å²) >= 11 is 1.39. The monoisotopic (exact) mass is 377 g/mol. The topological polar surface area (TPSA) is 44.7 Å². The maximum absolute atomic E-state index is 12.3. The van der Waals surface area contributed by atoms with Gasteiger partial charge in [-0.25, -0.2) is 4.99 Å². The molecule has 2 aromatic rings. The molecule has 2 saturated heterocycles. The summed E-state index contributed by atoms with van der Waals surface area (Å²) in [6.07, 6.45) is 4.50. The molecular formula is C22H23N3OS. The van der Waals surface area contributed by atoms with E-state index in [-0.39, 0.29) is 5.91 Å². The van der Waals surface area contributed by atoms with Crippen LogP contribution in [0.5, 0.6) is 0 Å². The normalized spacial score (nSPS) is 19.9. The Balaban J connectivity index is 1.53. The van der Waals surface area contributed by atoms with Crippen LogP contribution in [0.2, 0.25) is 0 Å². The van der Waals surface area contributed by atoms with Crippen molar-refractivity contribution in [3.63, 3.8) is 0 Å². The van der Waals surface area contributed by atoms with E-state index in [0.717, 1.165) is 24.3 Å². The zero-order valence-electron chi connectivity index (χ0n) is 15.7. The number of anilines is 1. The van der Waals surface area contributed by atoms with Gasteiger partial charge in [-0.2, -0.15) is 0 Å². The third-order valence-corrected chi connectivity index (χ3v) is 5.84. The van der Waals surface area contributed by atoms with E-state index in [9.17, 15) is 4.79 Å². The molecule has 0 bridgehead atoms. The molecule has 2 aromatic carbocycles. The van der Waals surface area contributed by atoms with Crippen LogP contribution >= 0.6 is 11.8 Å². The molecule has 27 heavy (non-hydrogen) atoms. The van der Waals surface area contributed by atoms with Crippen LogP contribution in [0, 0.1) is 13.8 Å². The highest BCUT2D eigenvalue weighted by molar-refractivity contribution is 8.18. The second kappa shape index (κ2) is 7.61. The van der Waals surface area contributed by atoms with E-state index in [1.54, 1.807) is 0 Å². The van der Waals surface area contributed by atoms with Crippen LogP contribution in [-0.2, 0) is 4.79 Å². The van der Waals surface area contributed by atoms with Crippen molar-refractivity contribution in [3.05, 3.63) is 64.1 Å². The molecule has 138 valence electrons. The first-order chi connectivity index (χ1) is 13.1. The molecule has 4 nitrogen and oxygen atoms in total. The quantitative estimate of drug-likeness (QED) is 0.782. The molecule has 1 amide bonds. The fraction of sp³-hybridized carbons (Fsp3) is 0.273. The lowest BCUT2D eigenvalue weighted by Gasteiger charge is -2.18. The van der Waals surface area contributed by atoms with Crippen LogP contribution in [0.4, 0.5) is 11.4 Å². The number of amides is 1. The van der Waals surface area contributed by atoms with Gasteiger partial charge < -0.3 is 10.2 Å². The molecular weight excluding hydrogens is 354 g/mol. The third-order valence-electron chi connectivity index (χ3n) is 4.93. The summed E-state index contributed by atoms with van der Waals surface area (Å²) in [5.74, 6) is -0.0890. The Morgan fingerprint density at radius 1 is 1.07 bits per heavy atom. The Hall–Kier alpha value is -2.53. The number of nitrogens with zero attached hydrogens (tertiary/aromatic N) is 2. The molecule has 0 saturated carbocycles. The lowest BCUT2D eigenvalue weighted by Crippen LogP contribution is -2.19. The highest BCUT2D eigenvalue weighted by Crippen LogP contribution is 2.30. The van der Waals surface area contributed by atoms with E-state index < -0.39 is 0 Å². The number of nitrogens with one attached hydrogen (secondary N) is 1. The Bertz CT molecular complexity index is 925. The SMILES string of the molecule is Cc1ccc(N=C2NC(=O)/C(=C/c3ccc(N4CCCC4)cc3C)S2)cc1. The number of hydrogen-bond acceptors (Lipinski definition) is 4. The summed E-state index contributed by atoms with van der Waals surface area (Å²) in [5.41, 5.74) is 5.57. The Labute approximate surface area is 164 Å². The lowest BCUT2D eigenvalue weighted by molar-refractivity contribution is -0.115. The predicted octanol–water partition coefficient (Wildman–Crippen LogP) is 4.80. The molecule has 1 N–H and O–H groups in total. The van der Waals surface area contributed by atoms with Gasteiger partial charge in [0.25, 0.3) is 5.91 Å². The zero-order chi connectivity index (χ0) is 18.8. The van der Waals surface area contributed by atoms with Crippen molar-refractivity contribution in [3.8, 4) is 0 Å². The smallest absolute Gasteiger partial charge is 0.264 e. The first kappa shape index (κ1) is 17.9. The summed E-state index contributed by atoms with van der Waals surface area (Å²) in [6.45, 7) is 6.42. The molecule has 0 aromatic heterocycles. The molecule has 2 fully saturated rings. The Morgan fingerprint density at radius 2 is 1.81 bits per heavy atom. The molecule has 0 unspecified atom stereocenters. The van der Waals surface area contributed by atoms with Crippen molar-refractivity contribution in [2.45, 2.75) is 26.7 Å². The summed E-state index contributed by atoms with van der Waals surface area (Å²) in [4.78, 5) is 20.0. The minimum atomic E-state index is -0.0890. The van der Waals surface area contributed by atoms with E-state index in [1.807, 2.05) is 37.3 Å². The van der Waals surface area contributed by atoms with E-state index >= 15 is 0 Å². The van der Waals surface area contributed by atoms with Gasteiger partial charge in [-0.15, -0.1) is 0 Å². The first-order valence-corrected chi connectivity index (χ1v) is 10.1. The van der Waals surface area contributed by atoms with Crippen molar-refractivity contribution in [1.82, 2.24) is 5.32 Å². The fourth-order valence-corrected chi connectivity index (χ4v) is 4.18. The largest absolute Gasteiger partial charge is 0.372 e. The molecule has 2 aliphatic rings. The summed E-state index contributed by atoms with van der Waals surface area (Å²) in [5, 5.41) is 3.49. The number of rotatable bonds is 3. The van der Waals surface area contributed by atoms with Gasteiger partial charge in [-0.1, -0.05) is 23.8 Å². The van der Waals surface area contributed by atoms with Crippen molar-refractivity contribution in [1.29, 1.82) is 0 Å². The maximum Gasteiger partial charge on any atom is 0.264 e. The van der Waals surface area contributed by atoms with Gasteiger partial charge in [-0.3, -0.25) is 4.79 Å². The van der Waals surface area contributed by atoms with Gasteiger partial charge >= 0.3 is 0 Å². The highest BCUT2D eigenvalue weighted by Gasteiger charge is 2.24. The van der Waals surface area contributed by atoms with Crippen LogP contribution < -0.4 is 10.2 Å². The number of aliphatic imine (C=N–C) groups is 1. The Kier molecular flexibility index (Phi) is 5.03. The molecule has 2 heterocycles. The van der Waals surface area contributed by atoms with Crippen LogP contribution in [0.25, 0.3) is 6.08 Å². The average molecular weight is 378 g/mol. The molecule has 0 aliphatic carbocycles. The second-order valence-corrected chi connectivity index (χ2v) is 8.08. The van der Waals surface area contributed by atoms with Gasteiger partial charge in [0.05, 0.1) is 10.6 Å². The highest BCUT2D eigenvalue weighted by atomic mass is 32.2. The van der Waals surface area contributed by atoms with E-state index in [1.165, 1.54) is 41.4 Å². The van der Waals surface area contributed by atoms with Crippen molar-refractivity contribution in [2.24, 2.45) is 4.99 Å². The Morgan fingerprint density at radius 3 is 2.52 bits per heavy atom. The molecule has 0 atom stereocenters. The van der Waals surface area contributed by atoms with Crippen molar-refractivity contribution >= 4 is 40.3 Å². The number of aryl methyl sites for hydroxylation is 2. The zero-order valence-corrected chi connectivity index (χ0v) is 16.5. The van der Waals surface area contributed by atoms with E-state index in [0.29, 0.717) is 10.1 Å². The molecule has 0 radical (unpaired) electrons. The molecule has 2 aliphatic heterocycles. The molecule has 5 heteroatoms. The first-order valence-electron chi connectivity index (χ1n) is 9.30. The van der Waals surface area contributed by atoms with Gasteiger partial charge in [-0.05, 0) is 79.9 Å². The maximum atomic E-state index is 12.3. The summed E-state index contributed by atoms with van der Waals surface area (Å²) < 4.78 is 0. The third kappa shape index (κ3) is 4.08. The van der Waals surface area contributed by atoms with Crippen LogP contribution in [0.1, 0.15) is 29.5 Å². The second-order valence-electron chi connectivity index (χ2n) is 7.05. The van der Waals surface area contributed by atoms with Gasteiger partial charge in [0, 0.05) is 18.8 Å². The van der Waals surface area contributed by atoms with E-state index in [2.05, 4.69) is 40.3 Å². The van der Waals surface area contributed by atoms with Crippen LogP contribution in [0.15, 0.2) is 52.4 Å². The predicted molar refractivity (Wildman–Crippen MR) is 115 cm³/mol. The number of thioether (sulfide) groups is 1. The minimum Gasteiger partial charge on any atom is -0.372 e. The number of carbonyl (C=O) groups is 1. The molecule has 0 spiro atoms. The van der Waals surface area contributed by atoms with Crippen LogP contribution in [-0.4, -0.2) is 24.2 Å². The van der Waals surface area contributed by atoms with Gasteiger partial charge in [0.2, 0.25) is 0 Å². The average Bonchev–Trinajstić information content (AvgIpc) is 3.29. The number of hydrogen-bond donors (Lipinski definition) is 1. The summed E-state index contributed by atoms with van der Waals surface area (Å²) in [7, 11) is 0.